The van der Waals surface area contributed by atoms with Crippen molar-refractivity contribution in [2.24, 2.45) is 0 Å². The predicted molar refractivity (Wildman–Crippen MR) is 75.1 cm³/mol. The van der Waals surface area contributed by atoms with Crippen molar-refractivity contribution in [3.05, 3.63) is 59.3 Å². The van der Waals surface area contributed by atoms with Gasteiger partial charge in [0.25, 0.3) is 5.91 Å². The summed E-state index contributed by atoms with van der Waals surface area (Å²) in [5.74, 6) is -2.23. The molecule has 1 saturated heterocycles. The van der Waals surface area contributed by atoms with E-state index in [1.54, 1.807) is 17.0 Å². The van der Waals surface area contributed by atoms with E-state index in [2.05, 4.69) is 0 Å². The number of halogens is 1. The summed E-state index contributed by atoms with van der Waals surface area (Å²) in [5.41, 5.74) is 0.732. The molecule has 0 spiro atoms. The smallest absolute Gasteiger partial charge is 0.371 e. The maximum Gasteiger partial charge on any atom is 0.371 e. The summed E-state index contributed by atoms with van der Waals surface area (Å²) in [7, 11) is 0. The monoisotopic (exact) mass is 303 g/mol. The van der Waals surface area contributed by atoms with Gasteiger partial charge >= 0.3 is 5.97 Å². The van der Waals surface area contributed by atoms with E-state index < -0.39 is 5.97 Å². The molecule has 1 aromatic heterocycles. The summed E-state index contributed by atoms with van der Waals surface area (Å²) in [6.07, 6.45) is 1.54. The summed E-state index contributed by atoms with van der Waals surface area (Å²) in [6.45, 7) is 0.531. The summed E-state index contributed by atoms with van der Waals surface area (Å²) in [5, 5.41) is 8.85. The van der Waals surface area contributed by atoms with Crippen LogP contribution < -0.4 is 0 Å². The van der Waals surface area contributed by atoms with Gasteiger partial charge in [-0.25, -0.2) is 9.18 Å². The number of hydrogen-bond donors (Lipinski definition) is 1. The quantitative estimate of drug-likeness (QED) is 0.946. The van der Waals surface area contributed by atoms with Crippen molar-refractivity contribution < 1.29 is 23.5 Å². The molecule has 1 N–H and O–H groups in total. The first kappa shape index (κ1) is 14.3. The number of benzene rings is 1. The number of rotatable bonds is 3. The van der Waals surface area contributed by atoms with Crippen LogP contribution in [0.5, 0.6) is 0 Å². The van der Waals surface area contributed by atoms with Crippen molar-refractivity contribution in [1.82, 2.24) is 4.90 Å². The molecule has 6 heteroatoms. The summed E-state index contributed by atoms with van der Waals surface area (Å²) < 4.78 is 18.4. The number of likely N-dealkylation sites (tertiary alicyclic amines) is 1. The zero-order chi connectivity index (χ0) is 15.7. The minimum Gasteiger partial charge on any atom is -0.475 e. The molecular formula is C16H14FNO4. The molecule has 1 aliphatic heterocycles. The Kier molecular flexibility index (Phi) is 3.66. The molecule has 1 aromatic carbocycles. The van der Waals surface area contributed by atoms with Crippen LogP contribution in [-0.2, 0) is 0 Å². The van der Waals surface area contributed by atoms with Crippen LogP contribution >= 0.6 is 0 Å². The van der Waals surface area contributed by atoms with Crippen LogP contribution in [0, 0.1) is 5.82 Å². The molecule has 1 fully saturated rings. The van der Waals surface area contributed by atoms with Crippen molar-refractivity contribution in [1.29, 1.82) is 0 Å². The fourth-order valence-corrected chi connectivity index (χ4v) is 2.78. The van der Waals surface area contributed by atoms with E-state index in [1.807, 2.05) is 0 Å². The molecule has 2 aromatic rings. The van der Waals surface area contributed by atoms with Gasteiger partial charge in [0.15, 0.2) is 5.76 Å². The Morgan fingerprint density at radius 3 is 2.68 bits per heavy atom. The van der Waals surface area contributed by atoms with E-state index in [4.69, 9.17) is 9.52 Å². The van der Waals surface area contributed by atoms with Gasteiger partial charge in [-0.2, -0.15) is 0 Å². The maximum absolute atomic E-state index is 13.4. The lowest BCUT2D eigenvalue weighted by atomic mass is 10.0. The molecule has 1 amide bonds. The number of furan rings is 1. The molecule has 1 aliphatic rings. The summed E-state index contributed by atoms with van der Waals surface area (Å²) in [6, 6.07) is 8.56. The minimum absolute atomic E-state index is 0.0132. The molecule has 5 nitrogen and oxygen atoms in total. The molecule has 0 aliphatic carbocycles. The number of hydrogen-bond acceptors (Lipinski definition) is 3. The van der Waals surface area contributed by atoms with Crippen LogP contribution in [0.1, 0.15) is 45.6 Å². The first-order chi connectivity index (χ1) is 10.6. The standard InChI is InChI=1S/C16H14FNO4/c17-11-4-1-3-10(9-11)12-5-2-8-18(12)15(19)13-6-7-14(22-13)16(20)21/h1,3-4,6-7,9,12H,2,5,8H2,(H,20,21)/t12-/m0/s1. The van der Waals surface area contributed by atoms with Crippen LogP contribution in [0.3, 0.4) is 0 Å². The average molecular weight is 303 g/mol. The average Bonchev–Trinajstić information content (AvgIpc) is 3.16. The highest BCUT2D eigenvalue weighted by Crippen LogP contribution is 2.33. The third-order valence-electron chi connectivity index (χ3n) is 3.77. The zero-order valence-corrected chi connectivity index (χ0v) is 11.7. The highest BCUT2D eigenvalue weighted by molar-refractivity contribution is 5.94. The number of nitrogens with zero attached hydrogens (tertiary/aromatic N) is 1. The lowest BCUT2D eigenvalue weighted by Gasteiger charge is -2.24. The highest BCUT2D eigenvalue weighted by Gasteiger charge is 2.32. The van der Waals surface area contributed by atoms with E-state index >= 15 is 0 Å². The Balaban J connectivity index is 1.86. The number of carboxylic acids is 1. The Morgan fingerprint density at radius 2 is 2.00 bits per heavy atom. The maximum atomic E-state index is 13.4. The van der Waals surface area contributed by atoms with Crippen molar-refractivity contribution in [3.63, 3.8) is 0 Å². The number of carboxylic acid groups (broad SMARTS) is 1. The van der Waals surface area contributed by atoms with Crippen LogP contribution in [0.15, 0.2) is 40.8 Å². The SMILES string of the molecule is O=C(O)c1ccc(C(=O)N2CCC[C@H]2c2cccc(F)c2)o1. The molecule has 22 heavy (non-hydrogen) atoms. The number of carbonyl (C=O) groups is 2. The molecule has 0 saturated carbocycles. The predicted octanol–water partition coefficient (Wildman–Crippen LogP) is 3.09. The second-order valence-electron chi connectivity index (χ2n) is 5.18. The van der Waals surface area contributed by atoms with Gasteiger partial charge in [-0.3, -0.25) is 4.79 Å². The van der Waals surface area contributed by atoms with E-state index in [9.17, 15) is 14.0 Å². The Hall–Kier alpha value is -2.63. The largest absolute Gasteiger partial charge is 0.475 e. The molecular weight excluding hydrogens is 289 g/mol. The zero-order valence-electron chi connectivity index (χ0n) is 11.7. The van der Waals surface area contributed by atoms with Gasteiger partial charge in [-0.15, -0.1) is 0 Å². The van der Waals surface area contributed by atoms with E-state index in [0.29, 0.717) is 6.54 Å². The fourth-order valence-electron chi connectivity index (χ4n) is 2.78. The third-order valence-corrected chi connectivity index (χ3v) is 3.77. The van der Waals surface area contributed by atoms with Crippen molar-refractivity contribution in [2.75, 3.05) is 6.54 Å². The van der Waals surface area contributed by atoms with Gasteiger partial charge in [-0.05, 0) is 42.7 Å². The molecule has 3 rings (SSSR count). The van der Waals surface area contributed by atoms with Crippen LogP contribution in [0.25, 0.3) is 0 Å². The van der Waals surface area contributed by atoms with Crippen LogP contribution in [0.2, 0.25) is 0 Å². The van der Waals surface area contributed by atoms with Crippen LogP contribution in [-0.4, -0.2) is 28.4 Å². The van der Waals surface area contributed by atoms with Crippen molar-refractivity contribution in [3.8, 4) is 0 Å². The van der Waals surface area contributed by atoms with Gasteiger partial charge in [-0.1, -0.05) is 12.1 Å². The minimum atomic E-state index is -1.22. The topological polar surface area (TPSA) is 70.8 Å². The molecule has 0 radical (unpaired) electrons. The second-order valence-corrected chi connectivity index (χ2v) is 5.18. The van der Waals surface area contributed by atoms with Crippen LogP contribution in [0.4, 0.5) is 4.39 Å². The number of amides is 1. The van der Waals surface area contributed by atoms with Crippen molar-refractivity contribution >= 4 is 11.9 Å². The molecule has 1 atom stereocenters. The van der Waals surface area contributed by atoms with Gasteiger partial charge in [0.1, 0.15) is 5.82 Å². The second kappa shape index (κ2) is 5.63. The highest BCUT2D eigenvalue weighted by atomic mass is 19.1. The Bertz CT molecular complexity index is 724. The molecule has 0 unspecified atom stereocenters. The molecule has 2 heterocycles. The van der Waals surface area contributed by atoms with E-state index in [1.165, 1.54) is 24.3 Å². The Morgan fingerprint density at radius 1 is 1.23 bits per heavy atom. The summed E-state index contributed by atoms with van der Waals surface area (Å²) >= 11 is 0. The first-order valence-electron chi connectivity index (χ1n) is 6.96. The number of aromatic carboxylic acids is 1. The summed E-state index contributed by atoms with van der Waals surface area (Å²) in [4.78, 5) is 24.9. The first-order valence-corrected chi connectivity index (χ1v) is 6.96. The van der Waals surface area contributed by atoms with Gasteiger partial charge in [0.2, 0.25) is 5.76 Å². The third kappa shape index (κ3) is 2.59. The molecule has 114 valence electrons. The van der Waals surface area contributed by atoms with E-state index in [0.717, 1.165) is 18.4 Å². The fraction of sp³-hybridized carbons (Fsp3) is 0.250. The normalized spacial score (nSPS) is 17.7. The van der Waals surface area contributed by atoms with E-state index in [-0.39, 0.29) is 29.3 Å². The Labute approximate surface area is 126 Å². The van der Waals surface area contributed by atoms with Gasteiger partial charge in [0.05, 0.1) is 6.04 Å². The lowest BCUT2D eigenvalue weighted by molar-refractivity contribution is 0.0645. The van der Waals surface area contributed by atoms with Gasteiger partial charge < -0.3 is 14.4 Å². The van der Waals surface area contributed by atoms with Crippen molar-refractivity contribution in [2.45, 2.75) is 18.9 Å². The lowest BCUT2D eigenvalue weighted by Crippen LogP contribution is -2.30. The van der Waals surface area contributed by atoms with Gasteiger partial charge in [0, 0.05) is 6.54 Å². The number of carbonyl (C=O) groups excluding carboxylic acids is 1. The molecule has 0 bridgehead atoms.